The molecule has 0 bridgehead atoms. The summed E-state index contributed by atoms with van der Waals surface area (Å²) in [5.74, 6) is 1.76. The van der Waals surface area contributed by atoms with Gasteiger partial charge >= 0.3 is 0 Å². The molecule has 0 radical (unpaired) electrons. The number of para-hydroxylation sites is 1. The minimum Gasteiger partial charge on any atom is -0.494 e. The molecular weight excluding hydrogens is 428 g/mol. The van der Waals surface area contributed by atoms with E-state index in [0.29, 0.717) is 13.0 Å². The molecule has 1 fully saturated rings. The Morgan fingerprint density at radius 3 is 2.87 bits per heavy atom. The molecular formula is C24H28N2O3S2. The maximum absolute atomic E-state index is 13.2. The van der Waals surface area contributed by atoms with Gasteiger partial charge < -0.3 is 9.47 Å². The van der Waals surface area contributed by atoms with E-state index >= 15 is 0 Å². The van der Waals surface area contributed by atoms with Crippen molar-refractivity contribution in [1.29, 1.82) is 0 Å². The minimum atomic E-state index is 0.0831. The Labute approximate surface area is 191 Å². The number of hydrogen-bond acceptors (Lipinski definition) is 6. The van der Waals surface area contributed by atoms with Crippen LogP contribution in [0.4, 0.5) is 5.13 Å². The van der Waals surface area contributed by atoms with Crippen LogP contribution in [-0.4, -0.2) is 43.0 Å². The molecule has 1 atom stereocenters. The summed E-state index contributed by atoms with van der Waals surface area (Å²) >= 11 is 3.33. The molecule has 5 nitrogen and oxygen atoms in total. The van der Waals surface area contributed by atoms with Gasteiger partial charge in [0.2, 0.25) is 5.91 Å². The largest absolute Gasteiger partial charge is 0.494 e. The summed E-state index contributed by atoms with van der Waals surface area (Å²) in [5, 5.41) is 0.728. The van der Waals surface area contributed by atoms with Crippen molar-refractivity contribution < 1.29 is 14.3 Å². The summed E-state index contributed by atoms with van der Waals surface area (Å²) < 4.78 is 12.3. The molecule has 4 rings (SSSR count). The van der Waals surface area contributed by atoms with Crippen molar-refractivity contribution in [2.75, 3.05) is 30.9 Å². The maximum atomic E-state index is 13.2. The third-order valence-corrected chi connectivity index (χ3v) is 7.50. The number of carbonyl (C=O) groups is 1. The van der Waals surface area contributed by atoms with E-state index in [1.165, 1.54) is 21.8 Å². The van der Waals surface area contributed by atoms with Crippen LogP contribution < -0.4 is 9.64 Å². The summed E-state index contributed by atoms with van der Waals surface area (Å²) in [7, 11) is 1.65. The molecule has 0 aliphatic carbocycles. The lowest BCUT2D eigenvalue weighted by Gasteiger charge is -2.23. The van der Waals surface area contributed by atoms with E-state index in [1.807, 2.05) is 23.1 Å². The molecule has 31 heavy (non-hydrogen) atoms. The first-order valence-electron chi connectivity index (χ1n) is 10.7. The number of anilines is 1. The van der Waals surface area contributed by atoms with Gasteiger partial charge in [0.1, 0.15) is 11.3 Å². The Bertz CT molecular complexity index is 1010. The summed E-state index contributed by atoms with van der Waals surface area (Å²) in [4.78, 5) is 21.1. The van der Waals surface area contributed by atoms with Crippen LogP contribution in [0, 0.1) is 6.92 Å². The summed E-state index contributed by atoms with van der Waals surface area (Å²) in [6, 6.07) is 14.4. The second-order valence-electron chi connectivity index (χ2n) is 7.71. The molecule has 1 aromatic heterocycles. The molecule has 2 aromatic carbocycles. The zero-order chi connectivity index (χ0) is 21.6. The second-order valence-corrected chi connectivity index (χ2v) is 9.89. The van der Waals surface area contributed by atoms with Crippen LogP contribution in [0.5, 0.6) is 5.75 Å². The molecule has 1 aliphatic heterocycles. The van der Waals surface area contributed by atoms with E-state index in [4.69, 9.17) is 14.5 Å². The number of methoxy groups -OCH3 is 1. The highest BCUT2D eigenvalue weighted by molar-refractivity contribution is 7.99. The van der Waals surface area contributed by atoms with E-state index in [1.54, 1.807) is 18.9 Å². The van der Waals surface area contributed by atoms with E-state index in [-0.39, 0.29) is 12.0 Å². The smallest absolute Gasteiger partial charge is 0.228 e. The maximum Gasteiger partial charge on any atom is 0.228 e. The van der Waals surface area contributed by atoms with Gasteiger partial charge in [0.05, 0.1) is 24.5 Å². The Morgan fingerprint density at radius 2 is 2.13 bits per heavy atom. The fourth-order valence-electron chi connectivity index (χ4n) is 3.65. The van der Waals surface area contributed by atoms with Crippen molar-refractivity contribution in [2.45, 2.75) is 43.6 Å². The number of aryl methyl sites for hydroxylation is 1. The monoisotopic (exact) mass is 456 g/mol. The summed E-state index contributed by atoms with van der Waals surface area (Å²) in [6.07, 6.45) is 3.45. The number of rotatable bonds is 9. The van der Waals surface area contributed by atoms with Crippen molar-refractivity contribution in [3.05, 3.63) is 48.0 Å². The Morgan fingerprint density at radius 1 is 1.29 bits per heavy atom. The van der Waals surface area contributed by atoms with Crippen molar-refractivity contribution >= 4 is 44.4 Å². The molecule has 3 aromatic rings. The Balaban J connectivity index is 1.44. The average Bonchev–Trinajstić information content (AvgIpc) is 3.45. The lowest BCUT2D eigenvalue weighted by Crippen LogP contribution is -2.37. The number of benzene rings is 2. The van der Waals surface area contributed by atoms with Crippen LogP contribution in [-0.2, 0) is 9.53 Å². The number of aromatic nitrogens is 1. The predicted molar refractivity (Wildman–Crippen MR) is 129 cm³/mol. The SMILES string of the molecule is COc1cccc2sc(N(CC3CCCO3)C(=O)CCCSc3ccc(C)cc3)nc12. The van der Waals surface area contributed by atoms with Gasteiger partial charge in [0, 0.05) is 17.9 Å². The standard InChI is InChI=1S/C24H28N2O3S2/c1-17-10-12-19(13-11-17)30-15-5-9-22(27)26(16-18-6-4-14-29-18)24-25-23-20(28-2)7-3-8-21(23)31-24/h3,7-8,10-13,18H,4-6,9,14-16H2,1-2H3. The Kier molecular flexibility index (Phi) is 7.48. The van der Waals surface area contributed by atoms with Crippen molar-refractivity contribution in [2.24, 2.45) is 0 Å². The minimum absolute atomic E-state index is 0.0831. The van der Waals surface area contributed by atoms with Crippen molar-refractivity contribution in [3.63, 3.8) is 0 Å². The highest BCUT2D eigenvalue weighted by Gasteiger charge is 2.26. The number of nitrogens with zero attached hydrogens (tertiary/aromatic N) is 2. The molecule has 0 saturated carbocycles. The predicted octanol–water partition coefficient (Wildman–Crippen LogP) is 5.70. The number of thioether (sulfide) groups is 1. The highest BCUT2D eigenvalue weighted by atomic mass is 32.2. The second kappa shape index (κ2) is 10.5. The number of carbonyl (C=O) groups excluding carboxylic acids is 1. The van der Waals surface area contributed by atoms with E-state index < -0.39 is 0 Å². The van der Waals surface area contributed by atoms with E-state index in [2.05, 4.69) is 31.2 Å². The number of thiazole rings is 1. The van der Waals surface area contributed by atoms with Gasteiger partial charge in [0.15, 0.2) is 5.13 Å². The van der Waals surface area contributed by atoms with Crippen LogP contribution in [0.15, 0.2) is 47.4 Å². The third kappa shape index (κ3) is 5.59. The van der Waals surface area contributed by atoms with Gasteiger partial charge in [-0.2, -0.15) is 0 Å². The molecule has 1 saturated heterocycles. The molecule has 164 valence electrons. The summed E-state index contributed by atoms with van der Waals surface area (Å²) in [6.45, 7) is 3.42. The number of fused-ring (bicyclic) bond motifs is 1. The molecule has 1 aliphatic rings. The average molecular weight is 457 g/mol. The number of hydrogen-bond donors (Lipinski definition) is 0. The number of amides is 1. The molecule has 7 heteroatoms. The van der Waals surface area contributed by atoms with Crippen molar-refractivity contribution in [3.8, 4) is 5.75 Å². The summed E-state index contributed by atoms with van der Waals surface area (Å²) in [5.41, 5.74) is 2.07. The van der Waals surface area contributed by atoms with Gasteiger partial charge in [0.25, 0.3) is 0 Å². The van der Waals surface area contributed by atoms with Crippen LogP contribution >= 0.6 is 23.1 Å². The Hall–Kier alpha value is -2.09. The van der Waals surface area contributed by atoms with Gasteiger partial charge in [-0.15, -0.1) is 11.8 Å². The molecule has 1 amide bonds. The van der Waals surface area contributed by atoms with E-state index in [9.17, 15) is 4.79 Å². The molecule has 1 unspecified atom stereocenters. The third-order valence-electron chi connectivity index (χ3n) is 5.36. The van der Waals surface area contributed by atoms with Gasteiger partial charge in [-0.1, -0.05) is 35.1 Å². The normalized spacial score (nSPS) is 16.0. The van der Waals surface area contributed by atoms with Gasteiger partial charge in [-0.05, 0) is 56.2 Å². The topological polar surface area (TPSA) is 51.7 Å². The fourth-order valence-corrected chi connectivity index (χ4v) is 5.52. The van der Waals surface area contributed by atoms with E-state index in [0.717, 1.165) is 52.7 Å². The van der Waals surface area contributed by atoms with Crippen LogP contribution in [0.25, 0.3) is 10.2 Å². The fraction of sp³-hybridized carbons (Fsp3) is 0.417. The first-order chi connectivity index (χ1) is 15.1. The lowest BCUT2D eigenvalue weighted by molar-refractivity contribution is -0.119. The first kappa shape index (κ1) is 22.1. The quantitative estimate of drug-likeness (QED) is 0.305. The molecule has 0 N–H and O–H groups in total. The van der Waals surface area contributed by atoms with Gasteiger partial charge in [-0.3, -0.25) is 9.69 Å². The van der Waals surface area contributed by atoms with Crippen LogP contribution in [0.1, 0.15) is 31.2 Å². The van der Waals surface area contributed by atoms with Crippen LogP contribution in [0.2, 0.25) is 0 Å². The van der Waals surface area contributed by atoms with Crippen LogP contribution in [0.3, 0.4) is 0 Å². The highest BCUT2D eigenvalue weighted by Crippen LogP contribution is 2.35. The van der Waals surface area contributed by atoms with Gasteiger partial charge in [-0.25, -0.2) is 4.98 Å². The number of ether oxygens (including phenoxy) is 2. The molecule has 0 spiro atoms. The van der Waals surface area contributed by atoms with Crippen molar-refractivity contribution in [1.82, 2.24) is 4.98 Å². The molecule has 2 heterocycles. The lowest BCUT2D eigenvalue weighted by atomic mass is 10.2. The first-order valence-corrected chi connectivity index (χ1v) is 12.5. The zero-order valence-electron chi connectivity index (χ0n) is 18.0. The zero-order valence-corrected chi connectivity index (χ0v) is 19.6.